The lowest BCUT2D eigenvalue weighted by Crippen LogP contribution is -2.37. The number of carbonyl (C=O) groups excluding carboxylic acids is 1. The zero-order valence-corrected chi connectivity index (χ0v) is 10.3. The largest absolute Gasteiger partial charge is 0.487 e. The summed E-state index contributed by atoms with van der Waals surface area (Å²) >= 11 is 5.91. The molecule has 1 aliphatic rings. The van der Waals surface area contributed by atoms with E-state index in [9.17, 15) is 4.79 Å². The number of rotatable bonds is 1. The Labute approximate surface area is 108 Å². The lowest BCUT2D eigenvalue weighted by Gasteiger charge is -2.30. The van der Waals surface area contributed by atoms with E-state index in [1.54, 1.807) is 18.2 Å². The van der Waals surface area contributed by atoms with Crippen molar-refractivity contribution in [3.05, 3.63) is 41.4 Å². The third-order valence-electron chi connectivity index (χ3n) is 2.95. The number of hydrogen-bond acceptors (Lipinski definition) is 4. The maximum atomic E-state index is 12.5. The SMILES string of the molecule is C[C@H]1Oc2ccc(Cl)cc2C(=O)[C@@H]1n1cncn1. The minimum Gasteiger partial charge on any atom is -0.487 e. The van der Waals surface area contributed by atoms with Gasteiger partial charge in [-0.05, 0) is 25.1 Å². The van der Waals surface area contributed by atoms with Crippen LogP contribution in [0.15, 0.2) is 30.9 Å². The molecule has 1 aliphatic heterocycles. The van der Waals surface area contributed by atoms with Crippen molar-refractivity contribution >= 4 is 17.4 Å². The lowest BCUT2D eigenvalue weighted by molar-refractivity contribution is 0.0697. The van der Waals surface area contributed by atoms with Crippen LogP contribution in [0.5, 0.6) is 5.75 Å². The van der Waals surface area contributed by atoms with Crippen LogP contribution in [0.4, 0.5) is 0 Å². The van der Waals surface area contributed by atoms with Crippen molar-refractivity contribution in [3.8, 4) is 5.75 Å². The topological polar surface area (TPSA) is 57.0 Å². The van der Waals surface area contributed by atoms with Gasteiger partial charge in [-0.2, -0.15) is 5.10 Å². The van der Waals surface area contributed by atoms with Gasteiger partial charge in [-0.15, -0.1) is 0 Å². The molecule has 0 amide bonds. The molecule has 6 heteroatoms. The second kappa shape index (κ2) is 4.10. The fourth-order valence-corrected chi connectivity index (χ4v) is 2.30. The number of ketones is 1. The fraction of sp³-hybridized carbons (Fsp3) is 0.250. The van der Waals surface area contributed by atoms with Gasteiger partial charge < -0.3 is 4.74 Å². The van der Waals surface area contributed by atoms with Gasteiger partial charge >= 0.3 is 0 Å². The summed E-state index contributed by atoms with van der Waals surface area (Å²) in [6.45, 7) is 1.84. The first kappa shape index (κ1) is 11.2. The van der Waals surface area contributed by atoms with Crippen molar-refractivity contribution in [2.45, 2.75) is 19.1 Å². The average molecular weight is 264 g/mol. The number of Topliss-reactive ketones (excluding diaryl/α,β-unsaturated/α-hetero) is 1. The Balaban J connectivity index is 2.08. The zero-order chi connectivity index (χ0) is 12.7. The number of aromatic nitrogens is 3. The molecule has 2 aromatic rings. The van der Waals surface area contributed by atoms with Gasteiger partial charge in [-0.1, -0.05) is 11.6 Å². The lowest BCUT2D eigenvalue weighted by atomic mass is 9.96. The predicted octanol–water partition coefficient (Wildman–Crippen LogP) is 2.14. The van der Waals surface area contributed by atoms with Gasteiger partial charge in [0, 0.05) is 5.02 Å². The third kappa shape index (κ3) is 1.67. The summed E-state index contributed by atoms with van der Waals surface area (Å²) in [7, 11) is 0. The predicted molar refractivity (Wildman–Crippen MR) is 64.9 cm³/mol. The summed E-state index contributed by atoms with van der Waals surface area (Å²) in [6, 6.07) is 4.54. The molecule has 2 atom stereocenters. The molecule has 0 aliphatic carbocycles. The number of benzene rings is 1. The standard InChI is InChI=1S/C12H10ClN3O2/c1-7-11(16-6-14-5-15-16)12(17)9-4-8(13)2-3-10(9)18-7/h2-7,11H,1H3/t7-,11-/m1/s1. The molecule has 0 radical (unpaired) electrons. The molecule has 3 rings (SSSR count). The smallest absolute Gasteiger partial charge is 0.195 e. The number of carbonyl (C=O) groups is 1. The summed E-state index contributed by atoms with van der Waals surface area (Å²) in [5.41, 5.74) is 0.487. The van der Waals surface area contributed by atoms with Crippen LogP contribution in [0.2, 0.25) is 5.02 Å². The van der Waals surface area contributed by atoms with Crippen LogP contribution in [0, 0.1) is 0 Å². The molecule has 1 aromatic heterocycles. The monoisotopic (exact) mass is 263 g/mol. The summed E-state index contributed by atoms with van der Waals surface area (Å²) in [6.07, 6.45) is 2.61. The van der Waals surface area contributed by atoms with Gasteiger partial charge in [0.15, 0.2) is 11.8 Å². The number of fused-ring (bicyclic) bond motifs is 1. The van der Waals surface area contributed by atoms with Gasteiger partial charge in [0.05, 0.1) is 5.56 Å². The molecule has 5 nitrogen and oxygen atoms in total. The van der Waals surface area contributed by atoms with Crippen LogP contribution < -0.4 is 4.74 Å². The number of nitrogens with zero attached hydrogens (tertiary/aromatic N) is 3. The van der Waals surface area contributed by atoms with Crippen LogP contribution in [0.25, 0.3) is 0 Å². The highest BCUT2D eigenvalue weighted by atomic mass is 35.5. The molecule has 0 unspecified atom stereocenters. The van der Waals surface area contributed by atoms with Gasteiger partial charge in [0.1, 0.15) is 24.5 Å². The fourth-order valence-electron chi connectivity index (χ4n) is 2.13. The summed E-state index contributed by atoms with van der Waals surface area (Å²) in [5.74, 6) is 0.505. The van der Waals surface area contributed by atoms with E-state index in [-0.39, 0.29) is 11.9 Å². The molecule has 18 heavy (non-hydrogen) atoms. The zero-order valence-electron chi connectivity index (χ0n) is 9.58. The molecule has 0 N–H and O–H groups in total. The minimum absolute atomic E-state index is 0.0586. The summed E-state index contributed by atoms with van der Waals surface area (Å²) < 4.78 is 7.24. The van der Waals surface area contributed by atoms with Crippen molar-refractivity contribution in [3.63, 3.8) is 0 Å². The highest BCUT2D eigenvalue weighted by Gasteiger charge is 2.36. The Kier molecular flexibility index (Phi) is 2.56. The van der Waals surface area contributed by atoms with E-state index in [0.29, 0.717) is 16.3 Å². The Hall–Kier alpha value is -1.88. The first-order chi connectivity index (χ1) is 8.66. The summed E-state index contributed by atoms with van der Waals surface area (Å²) in [4.78, 5) is 16.3. The second-order valence-corrected chi connectivity index (χ2v) is 4.58. The van der Waals surface area contributed by atoms with Crippen molar-refractivity contribution in [1.82, 2.24) is 14.8 Å². The maximum Gasteiger partial charge on any atom is 0.195 e. The molecule has 2 heterocycles. The van der Waals surface area contributed by atoms with Crippen molar-refractivity contribution in [1.29, 1.82) is 0 Å². The van der Waals surface area contributed by atoms with Crippen molar-refractivity contribution in [2.75, 3.05) is 0 Å². The van der Waals surface area contributed by atoms with Gasteiger partial charge in [0.25, 0.3) is 0 Å². The molecule has 0 spiro atoms. The van der Waals surface area contributed by atoms with Crippen LogP contribution in [-0.4, -0.2) is 26.7 Å². The summed E-state index contributed by atoms with van der Waals surface area (Å²) in [5, 5.41) is 4.52. The van der Waals surface area contributed by atoms with E-state index in [1.807, 2.05) is 6.92 Å². The van der Waals surface area contributed by atoms with Crippen LogP contribution in [0.3, 0.4) is 0 Å². The average Bonchev–Trinajstić information content (AvgIpc) is 2.84. The first-order valence-corrected chi connectivity index (χ1v) is 5.89. The molecule has 0 fully saturated rings. The molecule has 0 bridgehead atoms. The quantitative estimate of drug-likeness (QED) is 0.791. The van der Waals surface area contributed by atoms with Gasteiger partial charge in [0.2, 0.25) is 0 Å². The van der Waals surface area contributed by atoms with E-state index in [0.717, 1.165) is 0 Å². The molecule has 92 valence electrons. The highest BCUT2D eigenvalue weighted by Crippen LogP contribution is 2.34. The van der Waals surface area contributed by atoms with Crippen molar-refractivity contribution < 1.29 is 9.53 Å². The molecule has 0 saturated heterocycles. The van der Waals surface area contributed by atoms with E-state index < -0.39 is 6.04 Å². The maximum absolute atomic E-state index is 12.5. The third-order valence-corrected chi connectivity index (χ3v) is 3.19. The Morgan fingerprint density at radius 3 is 3.00 bits per heavy atom. The van der Waals surface area contributed by atoms with Crippen molar-refractivity contribution in [2.24, 2.45) is 0 Å². The van der Waals surface area contributed by atoms with E-state index in [2.05, 4.69) is 10.1 Å². The van der Waals surface area contributed by atoms with Crippen LogP contribution >= 0.6 is 11.6 Å². The highest BCUT2D eigenvalue weighted by molar-refractivity contribution is 6.31. The Morgan fingerprint density at radius 2 is 2.28 bits per heavy atom. The van der Waals surface area contributed by atoms with Crippen LogP contribution in [0.1, 0.15) is 23.3 Å². The first-order valence-electron chi connectivity index (χ1n) is 5.51. The van der Waals surface area contributed by atoms with E-state index in [4.69, 9.17) is 16.3 Å². The normalized spacial score (nSPS) is 22.4. The number of ether oxygens (including phenoxy) is 1. The van der Waals surface area contributed by atoms with Gasteiger partial charge in [-0.3, -0.25) is 4.79 Å². The molecule has 0 saturated carbocycles. The van der Waals surface area contributed by atoms with Gasteiger partial charge in [-0.25, -0.2) is 9.67 Å². The van der Waals surface area contributed by atoms with Crippen LogP contribution in [-0.2, 0) is 0 Å². The molecular weight excluding hydrogens is 254 g/mol. The molecular formula is C12H10ClN3O2. The Morgan fingerprint density at radius 1 is 1.44 bits per heavy atom. The Bertz CT molecular complexity index is 597. The van der Waals surface area contributed by atoms with E-state index in [1.165, 1.54) is 17.3 Å². The minimum atomic E-state index is -0.501. The molecule has 1 aromatic carbocycles. The number of halogens is 1. The second-order valence-electron chi connectivity index (χ2n) is 4.15. The van der Waals surface area contributed by atoms with E-state index >= 15 is 0 Å². The number of hydrogen-bond donors (Lipinski definition) is 0.